The molecule has 0 bridgehead atoms. The lowest BCUT2D eigenvalue weighted by Gasteiger charge is -2.39. The molecule has 122 valence electrons. The largest absolute Gasteiger partial charge is 0.352 e. The molecule has 2 aliphatic rings. The quantitative estimate of drug-likeness (QED) is 0.861. The zero-order valence-electron chi connectivity index (χ0n) is 14.5. The van der Waals surface area contributed by atoms with Crippen LogP contribution in [-0.4, -0.2) is 36.5 Å². The van der Waals surface area contributed by atoms with E-state index in [2.05, 4.69) is 17.1 Å². The summed E-state index contributed by atoms with van der Waals surface area (Å²) in [5.74, 6) is 1.84. The number of likely N-dealkylation sites (tertiary alicyclic amines) is 1. The Morgan fingerprint density at radius 3 is 2.38 bits per heavy atom. The van der Waals surface area contributed by atoms with E-state index in [1.54, 1.807) is 0 Å². The molecule has 0 spiro atoms. The number of hydrogen-bond acceptors (Lipinski definition) is 2. The second-order valence-electron chi connectivity index (χ2n) is 8.30. The summed E-state index contributed by atoms with van der Waals surface area (Å²) in [7, 11) is 0. The van der Waals surface area contributed by atoms with E-state index in [4.69, 9.17) is 0 Å². The summed E-state index contributed by atoms with van der Waals surface area (Å²) in [6.07, 6.45) is 8.03. The average Bonchev–Trinajstić information content (AvgIpc) is 2.90. The van der Waals surface area contributed by atoms with Crippen LogP contribution in [0.2, 0.25) is 0 Å². The Balaban J connectivity index is 1.90. The molecule has 1 aliphatic carbocycles. The van der Waals surface area contributed by atoms with Crippen molar-refractivity contribution in [1.82, 2.24) is 10.2 Å². The first-order valence-corrected chi connectivity index (χ1v) is 8.91. The summed E-state index contributed by atoms with van der Waals surface area (Å²) < 4.78 is 0. The maximum Gasteiger partial charge on any atom is 0.225 e. The van der Waals surface area contributed by atoms with Gasteiger partial charge in [-0.1, -0.05) is 47.0 Å². The van der Waals surface area contributed by atoms with Crippen molar-refractivity contribution < 1.29 is 4.79 Å². The third kappa shape index (κ3) is 4.98. The number of nitrogens with one attached hydrogen (secondary N) is 1. The molecule has 3 heteroatoms. The Hall–Kier alpha value is -0.570. The van der Waals surface area contributed by atoms with Crippen LogP contribution in [0.1, 0.15) is 66.2 Å². The third-order valence-corrected chi connectivity index (χ3v) is 5.20. The number of piperidine rings is 1. The molecular weight excluding hydrogens is 260 g/mol. The molecule has 2 fully saturated rings. The highest BCUT2D eigenvalue weighted by Crippen LogP contribution is 2.28. The molecule has 1 amide bonds. The molecule has 2 rings (SSSR count). The van der Waals surface area contributed by atoms with Crippen molar-refractivity contribution in [3.63, 3.8) is 0 Å². The summed E-state index contributed by atoms with van der Waals surface area (Å²) in [4.78, 5) is 14.9. The zero-order chi connectivity index (χ0) is 15.5. The Morgan fingerprint density at radius 1 is 1.14 bits per heavy atom. The summed E-state index contributed by atoms with van der Waals surface area (Å²) in [6.45, 7) is 11.8. The lowest BCUT2D eigenvalue weighted by molar-refractivity contribution is -0.129. The van der Waals surface area contributed by atoms with Crippen LogP contribution in [0.5, 0.6) is 0 Å². The first kappa shape index (κ1) is 16.8. The molecule has 0 aromatic heterocycles. The van der Waals surface area contributed by atoms with Crippen LogP contribution < -0.4 is 5.32 Å². The van der Waals surface area contributed by atoms with E-state index < -0.39 is 0 Å². The summed E-state index contributed by atoms with van der Waals surface area (Å²) in [6, 6.07) is 0.344. The minimum atomic E-state index is -0.282. The van der Waals surface area contributed by atoms with Crippen LogP contribution >= 0.6 is 0 Å². The zero-order valence-corrected chi connectivity index (χ0v) is 14.5. The molecule has 0 aromatic carbocycles. The maximum absolute atomic E-state index is 12.2. The highest BCUT2D eigenvalue weighted by atomic mass is 16.2. The molecule has 3 nitrogen and oxygen atoms in total. The van der Waals surface area contributed by atoms with Crippen molar-refractivity contribution in [3.8, 4) is 0 Å². The standard InChI is InChI=1S/C18H34N2O/c1-5-14-10-16(19-17(21)18(2,3)4)13-20(11-14)12-15-8-6-7-9-15/h14-16H,5-13H2,1-4H3,(H,19,21). The van der Waals surface area contributed by atoms with Gasteiger partial charge in [-0.05, 0) is 31.1 Å². The van der Waals surface area contributed by atoms with E-state index in [1.807, 2.05) is 20.8 Å². The fraction of sp³-hybridized carbons (Fsp3) is 0.944. The van der Waals surface area contributed by atoms with Crippen molar-refractivity contribution in [2.75, 3.05) is 19.6 Å². The summed E-state index contributed by atoms with van der Waals surface area (Å²) in [5.41, 5.74) is -0.282. The number of carbonyl (C=O) groups is 1. The molecule has 1 saturated heterocycles. The van der Waals surface area contributed by atoms with Gasteiger partial charge in [-0.25, -0.2) is 0 Å². The molecule has 1 N–H and O–H groups in total. The second-order valence-corrected chi connectivity index (χ2v) is 8.30. The highest BCUT2D eigenvalue weighted by Gasteiger charge is 2.31. The molecule has 2 unspecified atom stereocenters. The van der Waals surface area contributed by atoms with Gasteiger partial charge < -0.3 is 10.2 Å². The van der Waals surface area contributed by atoms with E-state index in [1.165, 1.54) is 45.2 Å². The van der Waals surface area contributed by atoms with Gasteiger partial charge in [0.25, 0.3) is 0 Å². The van der Waals surface area contributed by atoms with Crippen molar-refractivity contribution in [1.29, 1.82) is 0 Å². The van der Waals surface area contributed by atoms with Gasteiger partial charge in [0.15, 0.2) is 0 Å². The van der Waals surface area contributed by atoms with E-state index in [0.29, 0.717) is 6.04 Å². The van der Waals surface area contributed by atoms with E-state index in [9.17, 15) is 4.79 Å². The average molecular weight is 294 g/mol. The molecule has 1 saturated carbocycles. The number of rotatable bonds is 4. The van der Waals surface area contributed by atoms with Crippen LogP contribution in [0.15, 0.2) is 0 Å². The number of amides is 1. The maximum atomic E-state index is 12.2. The number of carbonyl (C=O) groups excluding carboxylic acids is 1. The molecular formula is C18H34N2O. The fourth-order valence-corrected chi connectivity index (χ4v) is 3.81. The molecule has 0 radical (unpaired) electrons. The molecule has 21 heavy (non-hydrogen) atoms. The minimum Gasteiger partial charge on any atom is -0.352 e. The molecule has 1 aliphatic heterocycles. The lowest BCUT2D eigenvalue weighted by Crippen LogP contribution is -2.53. The van der Waals surface area contributed by atoms with Crippen LogP contribution in [0.25, 0.3) is 0 Å². The van der Waals surface area contributed by atoms with Crippen molar-refractivity contribution in [3.05, 3.63) is 0 Å². The highest BCUT2D eigenvalue weighted by molar-refractivity contribution is 5.81. The van der Waals surface area contributed by atoms with Gasteiger partial charge in [0, 0.05) is 31.1 Å². The minimum absolute atomic E-state index is 0.199. The van der Waals surface area contributed by atoms with Crippen molar-refractivity contribution in [2.45, 2.75) is 72.3 Å². The van der Waals surface area contributed by atoms with Crippen LogP contribution in [0.3, 0.4) is 0 Å². The van der Waals surface area contributed by atoms with E-state index in [-0.39, 0.29) is 11.3 Å². The van der Waals surface area contributed by atoms with Crippen molar-refractivity contribution >= 4 is 5.91 Å². The predicted octanol–water partition coefficient (Wildman–Crippen LogP) is 3.44. The normalized spacial score (nSPS) is 28.8. The Morgan fingerprint density at radius 2 is 1.81 bits per heavy atom. The lowest BCUT2D eigenvalue weighted by atomic mass is 9.89. The molecule has 0 aromatic rings. The van der Waals surface area contributed by atoms with Crippen molar-refractivity contribution in [2.24, 2.45) is 17.3 Å². The smallest absolute Gasteiger partial charge is 0.225 e. The third-order valence-electron chi connectivity index (χ3n) is 5.20. The Labute approximate surface area is 130 Å². The van der Waals surface area contributed by atoms with Crippen LogP contribution in [0.4, 0.5) is 0 Å². The predicted molar refractivity (Wildman–Crippen MR) is 88.2 cm³/mol. The van der Waals surface area contributed by atoms with Gasteiger partial charge >= 0.3 is 0 Å². The van der Waals surface area contributed by atoms with E-state index >= 15 is 0 Å². The summed E-state index contributed by atoms with van der Waals surface area (Å²) in [5, 5.41) is 3.30. The molecule has 2 atom stereocenters. The first-order chi connectivity index (χ1) is 9.88. The topological polar surface area (TPSA) is 32.3 Å². The van der Waals surface area contributed by atoms with Gasteiger partial charge in [0.2, 0.25) is 5.91 Å². The van der Waals surface area contributed by atoms with Gasteiger partial charge in [-0.15, -0.1) is 0 Å². The monoisotopic (exact) mass is 294 g/mol. The van der Waals surface area contributed by atoms with Gasteiger partial charge in [-0.3, -0.25) is 4.79 Å². The fourth-order valence-electron chi connectivity index (χ4n) is 3.81. The Bertz CT molecular complexity index is 342. The summed E-state index contributed by atoms with van der Waals surface area (Å²) >= 11 is 0. The first-order valence-electron chi connectivity index (χ1n) is 8.91. The SMILES string of the molecule is CCC1CC(NC(=O)C(C)(C)C)CN(CC2CCCC2)C1. The number of nitrogens with zero attached hydrogens (tertiary/aromatic N) is 1. The Kier molecular flexibility index (Phi) is 5.70. The van der Waals surface area contributed by atoms with Gasteiger partial charge in [-0.2, -0.15) is 0 Å². The second kappa shape index (κ2) is 7.13. The number of hydrogen-bond donors (Lipinski definition) is 1. The van der Waals surface area contributed by atoms with E-state index in [0.717, 1.165) is 24.8 Å². The van der Waals surface area contributed by atoms with Crippen LogP contribution in [-0.2, 0) is 4.79 Å². The van der Waals surface area contributed by atoms with Crippen LogP contribution in [0, 0.1) is 17.3 Å². The van der Waals surface area contributed by atoms with Gasteiger partial charge in [0.1, 0.15) is 0 Å². The molecule has 1 heterocycles. The van der Waals surface area contributed by atoms with Gasteiger partial charge in [0.05, 0.1) is 0 Å².